The first-order valence-electron chi connectivity index (χ1n) is 11.3. The van der Waals surface area contributed by atoms with Crippen LogP contribution in [0.2, 0.25) is 0 Å². The maximum Gasteiger partial charge on any atom is 0.255 e. The minimum absolute atomic E-state index is 0.199. The molecule has 6 nitrogen and oxygen atoms in total. The van der Waals surface area contributed by atoms with Gasteiger partial charge in [0.2, 0.25) is 10.0 Å². The zero-order valence-electron chi connectivity index (χ0n) is 18.5. The molecule has 170 valence electrons. The van der Waals surface area contributed by atoms with Gasteiger partial charge in [-0.2, -0.15) is 4.31 Å². The molecule has 0 unspecified atom stereocenters. The standard InChI is InChI=1S/C26H26N2O4S/c1-18-10-11-19(16-25(18)33(30,31)28-14-6-2-3-7-15-28)26(29)27-20-12-13-22-21-8-4-5-9-23(21)32-24(22)17-20/h4-5,8-13,16-17H,2-3,6-7,14-15H2,1H3,(H,27,29). The highest BCUT2D eigenvalue weighted by atomic mass is 32.2. The number of sulfonamides is 1. The van der Waals surface area contributed by atoms with Crippen molar-refractivity contribution in [2.45, 2.75) is 37.5 Å². The largest absolute Gasteiger partial charge is 0.456 e. The maximum atomic E-state index is 13.3. The third-order valence-electron chi connectivity index (χ3n) is 6.27. The molecule has 1 N–H and O–H groups in total. The summed E-state index contributed by atoms with van der Waals surface area (Å²) in [5.41, 5.74) is 3.00. The van der Waals surface area contributed by atoms with E-state index in [-0.39, 0.29) is 10.8 Å². The van der Waals surface area contributed by atoms with Crippen molar-refractivity contribution >= 4 is 43.6 Å². The molecule has 33 heavy (non-hydrogen) atoms. The van der Waals surface area contributed by atoms with Gasteiger partial charge in [0.25, 0.3) is 5.91 Å². The van der Waals surface area contributed by atoms with Crippen molar-refractivity contribution in [2.75, 3.05) is 18.4 Å². The van der Waals surface area contributed by atoms with Gasteiger partial charge < -0.3 is 9.73 Å². The average Bonchev–Trinajstić information content (AvgIpc) is 2.96. The zero-order chi connectivity index (χ0) is 23.0. The third kappa shape index (κ3) is 4.14. The fraction of sp³-hybridized carbons (Fsp3) is 0.269. The van der Waals surface area contributed by atoms with Crippen LogP contribution in [-0.2, 0) is 10.0 Å². The normalized spacial score (nSPS) is 15.5. The van der Waals surface area contributed by atoms with Crippen molar-refractivity contribution in [3.05, 3.63) is 71.8 Å². The number of amides is 1. The minimum atomic E-state index is -3.65. The van der Waals surface area contributed by atoms with Crippen LogP contribution in [0.15, 0.2) is 70.0 Å². The van der Waals surface area contributed by atoms with Gasteiger partial charge >= 0.3 is 0 Å². The molecule has 1 amide bonds. The van der Waals surface area contributed by atoms with Crippen LogP contribution >= 0.6 is 0 Å². The van der Waals surface area contributed by atoms with E-state index >= 15 is 0 Å². The summed E-state index contributed by atoms with van der Waals surface area (Å²) in [6, 6.07) is 18.2. The van der Waals surface area contributed by atoms with Gasteiger partial charge in [-0.3, -0.25) is 4.79 Å². The zero-order valence-corrected chi connectivity index (χ0v) is 19.3. The Kier molecular flexibility index (Phi) is 5.68. The van der Waals surface area contributed by atoms with Crippen molar-refractivity contribution in [2.24, 2.45) is 0 Å². The van der Waals surface area contributed by atoms with Gasteiger partial charge in [0.05, 0.1) is 4.90 Å². The van der Waals surface area contributed by atoms with Crippen LogP contribution in [0.3, 0.4) is 0 Å². The molecular formula is C26H26N2O4S. The van der Waals surface area contributed by atoms with E-state index in [0.717, 1.165) is 42.0 Å². The molecule has 2 heterocycles. The molecule has 0 aliphatic carbocycles. The van der Waals surface area contributed by atoms with Crippen molar-refractivity contribution in [3.63, 3.8) is 0 Å². The molecule has 1 aliphatic rings. The number of nitrogens with zero attached hydrogens (tertiary/aromatic N) is 1. The second-order valence-electron chi connectivity index (χ2n) is 8.56. The van der Waals surface area contributed by atoms with E-state index in [1.54, 1.807) is 29.4 Å². The number of aryl methyl sites for hydroxylation is 1. The Morgan fingerprint density at radius 1 is 0.879 bits per heavy atom. The number of para-hydroxylation sites is 1. The molecule has 0 spiro atoms. The van der Waals surface area contributed by atoms with Gasteiger partial charge in [0.1, 0.15) is 11.2 Å². The SMILES string of the molecule is Cc1ccc(C(=O)Nc2ccc3c(c2)oc2ccccc23)cc1S(=O)(=O)N1CCCCCC1. The summed E-state index contributed by atoms with van der Waals surface area (Å²) < 4.78 is 34.1. The first-order chi connectivity index (χ1) is 15.9. The van der Waals surface area contributed by atoms with Gasteiger partial charge in [-0.15, -0.1) is 0 Å². The minimum Gasteiger partial charge on any atom is -0.456 e. The second kappa shape index (κ2) is 8.65. The first kappa shape index (κ1) is 21.7. The fourth-order valence-corrected chi connectivity index (χ4v) is 6.22. The van der Waals surface area contributed by atoms with Crippen LogP contribution < -0.4 is 5.32 Å². The number of nitrogens with one attached hydrogen (secondary N) is 1. The lowest BCUT2D eigenvalue weighted by atomic mass is 10.1. The molecule has 3 aromatic carbocycles. The summed E-state index contributed by atoms with van der Waals surface area (Å²) in [4.78, 5) is 13.2. The first-order valence-corrected chi connectivity index (χ1v) is 12.7. The highest BCUT2D eigenvalue weighted by Gasteiger charge is 2.27. The van der Waals surface area contributed by atoms with E-state index in [1.165, 1.54) is 6.07 Å². The molecular weight excluding hydrogens is 436 g/mol. The Bertz CT molecular complexity index is 1450. The molecule has 7 heteroatoms. The quantitative estimate of drug-likeness (QED) is 0.421. The Balaban J connectivity index is 1.42. The van der Waals surface area contributed by atoms with Gasteiger partial charge in [-0.1, -0.05) is 37.1 Å². The van der Waals surface area contributed by atoms with Crippen LogP contribution in [0.1, 0.15) is 41.6 Å². The topological polar surface area (TPSA) is 79.6 Å². The lowest BCUT2D eigenvalue weighted by Crippen LogP contribution is -2.32. The van der Waals surface area contributed by atoms with Crippen LogP contribution in [0, 0.1) is 6.92 Å². The van der Waals surface area contributed by atoms with Crippen molar-refractivity contribution in [1.29, 1.82) is 0 Å². The number of carbonyl (C=O) groups excluding carboxylic acids is 1. The molecule has 1 aromatic heterocycles. The number of furan rings is 1. The summed E-state index contributed by atoms with van der Waals surface area (Å²) in [6.45, 7) is 2.81. The molecule has 4 aromatic rings. The Morgan fingerprint density at radius 3 is 2.39 bits per heavy atom. The molecule has 1 aliphatic heterocycles. The number of hydrogen-bond donors (Lipinski definition) is 1. The highest BCUT2D eigenvalue weighted by Crippen LogP contribution is 2.31. The van der Waals surface area contributed by atoms with E-state index in [2.05, 4.69) is 5.32 Å². The van der Waals surface area contributed by atoms with Crippen LogP contribution in [0.5, 0.6) is 0 Å². The number of hydrogen-bond acceptors (Lipinski definition) is 4. The Labute approximate surface area is 193 Å². The molecule has 0 bridgehead atoms. The lowest BCUT2D eigenvalue weighted by molar-refractivity contribution is 0.102. The summed E-state index contributed by atoms with van der Waals surface area (Å²) in [6.07, 6.45) is 3.82. The molecule has 0 saturated carbocycles. The monoisotopic (exact) mass is 462 g/mol. The maximum absolute atomic E-state index is 13.3. The predicted octanol–water partition coefficient (Wildman–Crippen LogP) is 5.71. The van der Waals surface area contributed by atoms with E-state index in [1.807, 2.05) is 36.4 Å². The predicted molar refractivity (Wildman–Crippen MR) is 130 cm³/mol. The van der Waals surface area contributed by atoms with E-state index in [4.69, 9.17) is 4.42 Å². The van der Waals surface area contributed by atoms with E-state index in [0.29, 0.717) is 35.5 Å². The summed E-state index contributed by atoms with van der Waals surface area (Å²) in [5.74, 6) is -0.363. The molecule has 0 atom stereocenters. The smallest absolute Gasteiger partial charge is 0.255 e. The number of anilines is 1. The molecule has 1 fully saturated rings. The Hall–Kier alpha value is -3.16. The van der Waals surface area contributed by atoms with Crippen molar-refractivity contribution < 1.29 is 17.6 Å². The highest BCUT2D eigenvalue weighted by molar-refractivity contribution is 7.89. The summed E-state index contributed by atoms with van der Waals surface area (Å²) in [5, 5.41) is 4.87. The summed E-state index contributed by atoms with van der Waals surface area (Å²) >= 11 is 0. The van der Waals surface area contributed by atoms with E-state index in [9.17, 15) is 13.2 Å². The second-order valence-corrected chi connectivity index (χ2v) is 10.5. The number of benzene rings is 3. The van der Waals surface area contributed by atoms with Gasteiger partial charge in [0, 0.05) is 41.2 Å². The van der Waals surface area contributed by atoms with Crippen LogP contribution in [-0.4, -0.2) is 31.7 Å². The molecule has 0 radical (unpaired) electrons. The van der Waals surface area contributed by atoms with Gasteiger partial charge in [0.15, 0.2) is 0 Å². The number of fused-ring (bicyclic) bond motifs is 3. The van der Waals surface area contributed by atoms with Gasteiger partial charge in [-0.05, 0) is 55.7 Å². The van der Waals surface area contributed by atoms with E-state index < -0.39 is 10.0 Å². The Morgan fingerprint density at radius 2 is 1.61 bits per heavy atom. The van der Waals surface area contributed by atoms with Crippen molar-refractivity contribution in [1.82, 2.24) is 4.31 Å². The average molecular weight is 463 g/mol. The van der Waals surface area contributed by atoms with Crippen LogP contribution in [0.4, 0.5) is 5.69 Å². The fourth-order valence-electron chi connectivity index (χ4n) is 4.45. The van der Waals surface area contributed by atoms with Gasteiger partial charge in [-0.25, -0.2) is 8.42 Å². The van der Waals surface area contributed by atoms with Crippen LogP contribution in [0.25, 0.3) is 21.9 Å². The number of rotatable bonds is 4. The molecule has 1 saturated heterocycles. The third-order valence-corrected chi connectivity index (χ3v) is 8.31. The van der Waals surface area contributed by atoms with Crippen molar-refractivity contribution in [3.8, 4) is 0 Å². The number of carbonyl (C=O) groups is 1. The lowest BCUT2D eigenvalue weighted by Gasteiger charge is -2.21. The molecule has 5 rings (SSSR count). The summed E-state index contributed by atoms with van der Waals surface area (Å²) in [7, 11) is -3.65.